The minimum atomic E-state index is 0.766. The molecule has 0 aliphatic carbocycles. The Bertz CT molecular complexity index is 309. The number of nitrogens with zero attached hydrogens (tertiary/aromatic N) is 2. The molecule has 0 unspecified atom stereocenters. The average molecular weight is 221 g/mol. The highest BCUT2D eigenvalue weighted by atomic mass is 15.0. The summed E-state index contributed by atoms with van der Waals surface area (Å²) >= 11 is 0. The van der Waals surface area contributed by atoms with Crippen molar-refractivity contribution in [3.05, 3.63) is 23.9 Å². The van der Waals surface area contributed by atoms with E-state index in [0.29, 0.717) is 0 Å². The van der Waals surface area contributed by atoms with Crippen molar-refractivity contribution < 1.29 is 0 Å². The molecule has 0 radical (unpaired) electrons. The predicted molar refractivity (Wildman–Crippen MR) is 73.3 cm³/mol. The zero-order chi connectivity index (χ0) is 12.4. The highest BCUT2D eigenvalue weighted by Gasteiger charge is 2.07. The lowest BCUT2D eigenvalue weighted by atomic mass is 10.2. The van der Waals surface area contributed by atoms with Crippen molar-refractivity contribution in [2.45, 2.75) is 34.6 Å². The van der Waals surface area contributed by atoms with Crippen LogP contribution in [0.1, 0.15) is 34.6 Å². The zero-order valence-corrected chi connectivity index (χ0v) is 11.0. The maximum atomic E-state index is 4.40. The molecular weight excluding hydrogens is 198 g/mol. The molecule has 0 aromatic heterocycles. The molecule has 0 atom stereocenters. The number of rotatable bonds is 3. The van der Waals surface area contributed by atoms with Crippen LogP contribution in [-0.4, -0.2) is 24.6 Å². The van der Waals surface area contributed by atoms with Crippen molar-refractivity contribution in [3.63, 3.8) is 0 Å². The molecule has 1 heterocycles. The van der Waals surface area contributed by atoms with Crippen molar-refractivity contribution in [2.75, 3.05) is 13.1 Å². The predicted octanol–water partition coefficient (Wildman–Crippen LogP) is 2.96. The van der Waals surface area contributed by atoms with Gasteiger partial charge in [-0.05, 0) is 32.4 Å². The third-order valence-electron chi connectivity index (χ3n) is 1.84. The maximum absolute atomic E-state index is 4.40. The van der Waals surface area contributed by atoms with Crippen LogP contribution in [0.25, 0.3) is 0 Å². The third-order valence-corrected chi connectivity index (χ3v) is 1.84. The maximum Gasteiger partial charge on any atom is 0.151 e. The Morgan fingerprint density at radius 1 is 1.56 bits per heavy atom. The van der Waals surface area contributed by atoms with Crippen LogP contribution in [0.5, 0.6) is 0 Å². The fourth-order valence-electron chi connectivity index (χ4n) is 1.18. The first kappa shape index (κ1) is 14.6. The van der Waals surface area contributed by atoms with E-state index < -0.39 is 0 Å². The molecule has 0 saturated carbocycles. The van der Waals surface area contributed by atoms with E-state index in [1.54, 1.807) is 0 Å². The minimum absolute atomic E-state index is 0.766. The first-order valence-corrected chi connectivity index (χ1v) is 5.92. The van der Waals surface area contributed by atoms with E-state index in [2.05, 4.69) is 22.2 Å². The molecule has 90 valence electrons. The van der Waals surface area contributed by atoms with Gasteiger partial charge in [0.25, 0.3) is 0 Å². The number of aliphatic imine (C=N–C) groups is 2. The van der Waals surface area contributed by atoms with Crippen LogP contribution in [0.15, 0.2) is 33.9 Å². The second-order valence-corrected chi connectivity index (χ2v) is 3.16. The summed E-state index contributed by atoms with van der Waals surface area (Å²) < 4.78 is 0. The molecule has 1 rings (SSSR count). The molecule has 0 bridgehead atoms. The normalized spacial score (nSPS) is 15.9. The molecule has 1 aliphatic rings. The molecule has 1 aliphatic heterocycles. The van der Waals surface area contributed by atoms with Crippen LogP contribution in [0.2, 0.25) is 0 Å². The number of amidine groups is 1. The molecule has 0 saturated heterocycles. The van der Waals surface area contributed by atoms with Crippen molar-refractivity contribution in [1.82, 2.24) is 5.32 Å². The molecule has 0 aromatic carbocycles. The highest BCUT2D eigenvalue weighted by molar-refractivity contribution is 6.46. The van der Waals surface area contributed by atoms with E-state index in [0.717, 1.165) is 24.6 Å². The molecule has 3 heteroatoms. The molecule has 0 amide bonds. The lowest BCUT2D eigenvalue weighted by Crippen LogP contribution is -2.29. The Morgan fingerprint density at radius 3 is 2.69 bits per heavy atom. The Hall–Kier alpha value is -1.38. The lowest BCUT2D eigenvalue weighted by molar-refractivity contribution is 1.03. The standard InChI is InChI=1S/C11H17N3.C2H6/c1-4-6-10(12-5-2)11-13-7-9(3)8-14-11;1-2/h4,6-7H,5,8H2,1-3H3,(H,13,14);1-2H3/b6-4-,12-10?;. The Morgan fingerprint density at radius 2 is 2.25 bits per heavy atom. The summed E-state index contributed by atoms with van der Waals surface area (Å²) in [5.74, 6) is 0.871. The van der Waals surface area contributed by atoms with Gasteiger partial charge < -0.3 is 5.32 Å². The van der Waals surface area contributed by atoms with Gasteiger partial charge in [0.1, 0.15) is 0 Å². The van der Waals surface area contributed by atoms with Crippen molar-refractivity contribution in [2.24, 2.45) is 9.98 Å². The fraction of sp³-hybridized carbons (Fsp3) is 0.538. The number of allylic oxidation sites excluding steroid dienone is 1. The summed E-state index contributed by atoms with van der Waals surface area (Å²) in [7, 11) is 0. The van der Waals surface area contributed by atoms with E-state index in [4.69, 9.17) is 0 Å². The van der Waals surface area contributed by atoms with Gasteiger partial charge >= 0.3 is 0 Å². The molecule has 0 spiro atoms. The minimum Gasteiger partial charge on any atom is -0.345 e. The fourth-order valence-corrected chi connectivity index (χ4v) is 1.18. The molecule has 1 N–H and O–H groups in total. The summed E-state index contributed by atoms with van der Waals surface area (Å²) in [5.41, 5.74) is 2.17. The van der Waals surface area contributed by atoms with Crippen LogP contribution in [0.4, 0.5) is 0 Å². The van der Waals surface area contributed by atoms with Gasteiger partial charge in [-0.15, -0.1) is 0 Å². The second-order valence-electron chi connectivity index (χ2n) is 3.16. The molecular formula is C13H23N3. The third kappa shape index (κ3) is 4.91. The Kier molecular flexibility index (Phi) is 8.12. The van der Waals surface area contributed by atoms with E-state index in [-0.39, 0.29) is 0 Å². The van der Waals surface area contributed by atoms with Crippen LogP contribution in [0.3, 0.4) is 0 Å². The largest absolute Gasteiger partial charge is 0.345 e. The van der Waals surface area contributed by atoms with Crippen molar-refractivity contribution in [3.8, 4) is 0 Å². The van der Waals surface area contributed by atoms with Gasteiger partial charge in [-0.2, -0.15) is 0 Å². The van der Waals surface area contributed by atoms with E-state index >= 15 is 0 Å². The molecule has 0 aromatic rings. The molecule has 3 nitrogen and oxygen atoms in total. The quantitative estimate of drug-likeness (QED) is 0.731. The van der Waals surface area contributed by atoms with Gasteiger partial charge in [0.2, 0.25) is 0 Å². The monoisotopic (exact) mass is 221 g/mol. The van der Waals surface area contributed by atoms with Gasteiger partial charge in [-0.25, -0.2) is 0 Å². The van der Waals surface area contributed by atoms with Gasteiger partial charge in [0, 0.05) is 12.7 Å². The Balaban J connectivity index is 0.00000106. The number of hydrogen-bond acceptors (Lipinski definition) is 3. The van der Waals surface area contributed by atoms with E-state index in [1.165, 1.54) is 5.57 Å². The van der Waals surface area contributed by atoms with Crippen LogP contribution >= 0.6 is 0 Å². The van der Waals surface area contributed by atoms with Gasteiger partial charge in [0.15, 0.2) is 5.84 Å². The summed E-state index contributed by atoms with van der Waals surface area (Å²) in [6.07, 6.45) is 5.94. The van der Waals surface area contributed by atoms with Crippen molar-refractivity contribution >= 4 is 11.5 Å². The van der Waals surface area contributed by atoms with Crippen LogP contribution < -0.4 is 5.32 Å². The lowest BCUT2D eigenvalue weighted by Gasteiger charge is -2.12. The molecule has 16 heavy (non-hydrogen) atoms. The van der Waals surface area contributed by atoms with Gasteiger partial charge in [0.05, 0.1) is 12.3 Å². The summed E-state index contributed by atoms with van der Waals surface area (Å²) in [6, 6.07) is 0. The Labute approximate surface area is 99.1 Å². The average Bonchev–Trinajstić information content (AvgIpc) is 2.32. The first-order chi connectivity index (χ1) is 7.77. The van der Waals surface area contributed by atoms with Crippen LogP contribution in [-0.2, 0) is 0 Å². The van der Waals surface area contributed by atoms with Crippen LogP contribution in [0, 0.1) is 0 Å². The van der Waals surface area contributed by atoms with E-state index in [9.17, 15) is 0 Å². The summed E-state index contributed by atoms with van der Waals surface area (Å²) in [6.45, 7) is 11.6. The SMILES string of the molecule is C/C=C\C(=NCC)C1=NCC(C)=CN1.CC. The first-order valence-electron chi connectivity index (χ1n) is 5.92. The topological polar surface area (TPSA) is 36.8 Å². The highest BCUT2D eigenvalue weighted by Crippen LogP contribution is 1.99. The van der Waals surface area contributed by atoms with Gasteiger partial charge in [-0.1, -0.05) is 19.9 Å². The van der Waals surface area contributed by atoms with E-state index in [1.807, 2.05) is 46.0 Å². The summed E-state index contributed by atoms with van der Waals surface area (Å²) in [5, 5.41) is 3.14. The zero-order valence-electron chi connectivity index (χ0n) is 11.0. The smallest absolute Gasteiger partial charge is 0.151 e. The van der Waals surface area contributed by atoms with Gasteiger partial charge in [-0.3, -0.25) is 9.98 Å². The van der Waals surface area contributed by atoms with Crippen molar-refractivity contribution in [1.29, 1.82) is 0 Å². The molecule has 0 fully saturated rings. The number of nitrogens with one attached hydrogen (secondary N) is 1. The summed E-state index contributed by atoms with van der Waals surface area (Å²) in [4.78, 5) is 8.77. The number of hydrogen-bond donors (Lipinski definition) is 1. The second kappa shape index (κ2) is 8.89.